The van der Waals surface area contributed by atoms with Crippen LogP contribution in [0.15, 0.2) is 24.3 Å². The Morgan fingerprint density at radius 3 is 2.48 bits per heavy atom. The number of nitrogens with one attached hydrogen (secondary N) is 2. The van der Waals surface area contributed by atoms with Crippen molar-refractivity contribution in [2.75, 3.05) is 6.54 Å². The van der Waals surface area contributed by atoms with Crippen LogP contribution in [0.4, 0.5) is 4.79 Å². The molecular formula is C16H21N3O4. The Balaban J connectivity index is 1.81. The fourth-order valence-electron chi connectivity index (χ4n) is 2.51. The van der Waals surface area contributed by atoms with Crippen molar-refractivity contribution in [1.82, 2.24) is 15.5 Å². The molecule has 3 amide bonds. The molecule has 1 atom stereocenters. The van der Waals surface area contributed by atoms with E-state index in [1.165, 1.54) is 12.1 Å². The molecule has 0 spiro atoms. The van der Waals surface area contributed by atoms with Crippen molar-refractivity contribution in [2.24, 2.45) is 0 Å². The molecule has 1 aromatic carbocycles. The Bertz CT molecular complexity index is 598. The van der Waals surface area contributed by atoms with Crippen LogP contribution in [0.5, 0.6) is 0 Å². The maximum atomic E-state index is 12.1. The van der Waals surface area contributed by atoms with Crippen LogP contribution in [-0.2, 0) is 11.3 Å². The molecule has 1 saturated heterocycles. The first-order chi connectivity index (χ1) is 10.9. The van der Waals surface area contributed by atoms with Gasteiger partial charge in [-0.1, -0.05) is 12.1 Å². The molecule has 7 heteroatoms. The Morgan fingerprint density at radius 1 is 1.30 bits per heavy atom. The van der Waals surface area contributed by atoms with Crippen molar-refractivity contribution in [3.8, 4) is 0 Å². The zero-order chi connectivity index (χ0) is 17.0. The summed E-state index contributed by atoms with van der Waals surface area (Å²) >= 11 is 0. The van der Waals surface area contributed by atoms with Crippen molar-refractivity contribution >= 4 is 17.9 Å². The summed E-state index contributed by atoms with van der Waals surface area (Å²) in [6, 6.07) is 5.50. The topological polar surface area (TPSA) is 98.7 Å². The van der Waals surface area contributed by atoms with Crippen LogP contribution in [0.2, 0.25) is 0 Å². The molecule has 1 heterocycles. The van der Waals surface area contributed by atoms with Gasteiger partial charge in [0.15, 0.2) is 0 Å². The highest BCUT2D eigenvalue weighted by Gasteiger charge is 2.33. The van der Waals surface area contributed by atoms with Gasteiger partial charge in [0.05, 0.1) is 5.56 Å². The number of carbonyl (C=O) groups excluding carboxylic acids is 2. The smallest absolute Gasteiger partial charge is 0.335 e. The lowest BCUT2D eigenvalue weighted by Gasteiger charge is -2.21. The molecule has 0 bridgehead atoms. The fraction of sp³-hybridized carbons (Fsp3) is 0.438. The lowest BCUT2D eigenvalue weighted by Crippen LogP contribution is -2.46. The first-order valence-corrected chi connectivity index (χ1v) is 7.55. The molecule has 0 aliphatic carbocycles. The third-order valence-electron chi connectivity index (χ3n) is 3.82. The maximum Gasteiger partial charge on any atom is 0.335 e. The molecule has 3 N–H and O–H groups in total. The third kappa shape index (κ3) is 4.21. The zero-order valence-corrected chi connectivity index (χ0v) is 13.2. The van der Waals surface area contributed by atoms with E-state index in [0.717, 1.165) is 5.56 Å². The van der Waals surface area contributed by atoms with Gasteiger partial charge in [-0.25, -0.2) is 9.59 Å². The van der Waals surface area contributed by atoms with E-state index in [1.54, 1.807) is 17.0 Å². The quantitative estimate of drug-likeness (QED) is 0.759. The van der Waals surface area contributed by atoms with Gasteiger partial charge in [0, 0.05) is 19.1 Å². The Morgan fingerprint density at radius 2 is 1.96 bits per heavy atom. The summed E-state index contributed by atoms with van der Waals surface area (Å²) in [6.45, 7) is 4.81. The van der Waals surface area contributed by atoms with Crippen LogP contribution in [0, 0.1) is 0 Å². The van der Waals surface area contributed by atoms with Crippen molar-refractivity contribution < 1.29 is 19.5 Å². The molecule has 1 fully saturated rings. The molecule has 1 aliphatic rings. The molecule has 0 aromatic heterocycles. The Hall–Kier alpha value is -2.57. The van der Waals surface area contributed by atoms with Crippen LogP contribution in [0.25, 0.3) is 0 Å². The minimum atomic E-state index is -0.989. The Labute approximate surface area is 134 Å². The van der Waals surface area contributed by atoms with Gasteiger partial charge in [0.2, 0.25) is 5.91 Å². The molecule has 0 radical (unpaired) electrons. The number of likely N-dealkylation sites (tertiary alicyclic amines) is 1. The van der Waals surface area contributed by atoms with Crippen LogP contribution in [0.3, 0.4) is 0 Å². The highest BCUT2D eigenvalue weighted by molar-refractivity contribution is 5.89. The lowest BCUT2D eigenvalue weighted by molar-refractivity contribution is -0.130. The van der Waals surface area contributed by atoms with Gasteiger partial charge < -0.3 is 20.6 Å². The number of amides is 3. The van der Waals surface area contributed by atoms with Gasteiger partial charge in [-0.15, -0.1) is 0 Å². The van der Waals surface area contributed by atoms with Gasteiger partial charge in [-0.05, 0) is 38.0 Å². The van der Waals surface area contributed by atoms with E-state index in [0.29, 0.717) is 13.0 Å². The van der Waals surface area contributed by atoms with E-state index in [1.807, 2.05) is 13.8 Å². The molecular weight excluding hydrogens is 298 g/mol. The summed E-state index contributed by atoms with van der Waals surface area (Å²) < 4.78 is 0. The number of benzene rings is 1. The predicted octanol–water partition coefficient (Wildman–Crippen LogP) is 1.19. The largest absolute Gasteiger partial charge is 0.478 e. The zero-order valence-electron chi connectivity index (χ0n) is 13.2. The molecule has 124 valence electrons. The van der Waals surface area contributed by atoms with Crippen molar-refractivity contribution in [3.63, 3.8) is 0 Å². The van der Waals surface area contributed by atoms with Gasteiger partial charge in [-0.3, -0.25) is 4.79 Å². The molecule has 0 saturated carbocycles. The average molecular weight is 319 g/mol. The summed E-state index contributed by atoms with van der Waals surface area (Å²) in [5, 5.41) is 14.2. The number of urea groups is 1. The van der Waals surface area contributed by atoms with Crippen LogP contribution < -0.4 is 10.6 Å². The number of nitrogens with zero attached hydrogens (tertiary/aromatic N) is 1. The standard InChI is InChI=1S/C16H21N3O4/c1-10(2)19-8-7-13(14(19)20)18-16(23)17-9-11-3-5-12(6-4-11)15(21)22/h3-6,10,13H,7-9H2,1-2H3,(H,21,22)(H2,17,18,23). The van der Waals surface area contributed by atoms with E-state index in [2.05, 4.69) is 10.6 Å². The summed E-state index contributed by atoms with van der Waals surface area (Å²) in [5.41, 5.74) is 0.982. The first-order valence-electron chi connectivity index (χ1n) is 7.55. The SMILES string of the molecule is CC(C)N1CCC(NC(=O)NCc2ccc(C(=O)O)cc2)C1=O. The molecule has 1 unspecified atom stereocenters. The van der Waals surface area contributed by atoms with Crippen molar-refractivity contribution in [3.05, 3.63) is 35.4 Å². The number of carbonyl (C=O) groups is 3. The summed E-state index contributed by atoms with van der Waals surface area (Å²) in [6.07, 6.45) is 0.609. The number of carboxylic acid groups (broad SMARTS) is 1. The number of hydrogen-bond donors (Lipinski definition) is 3. The number of hydrogen-bond acceptors (Lipinski definition) is 3. The van der Waals surface area contributed by atoms with E-state index in [9.17, 15) is 14.4 Å². The highest BCUT2D eigenvalue weighted by atomic mass is 16.4. The summed E-state index contributed by atoms with van der Waals surface area (Å²) in [5.74, 6) is -1.04. The van der Waals surface area contributed by atoms with Crippen molar-refractivity contribution in [1.29, 1.82) is 0 Å². The van der Waals surface area contributed by atoms with Crippen molar-refractivity contribution in [2.45, 2.75) is 38.9 Å². The second kappa shape index (κ2) is 7.13. The summed E-state index contributed by atoms with van der Waals surface area (Å²) in [7, 11) is 0. The number of rotatable bonds is 5. The van der Waals surface area contributed by atoms with E-state index < -0.39 is 18.0 Å². The lowest BCUT2D eigenvalue weighted by atomic mass is 10.1. The predicted molar refractivity (Wildman–Crippen MR) is 84.0 cm³/mol. The van der Waals surface area contributed by atoms with Gasteiger partial charge in [-0.2, -0.15) is 0 Å². The minimum Gasteiger partial charge on any atom is -0.478 e. The summed E-state index contributed by atoms with van der Waals surface area (Å²) in [4.78, 5) is 36.5. The second-order valence-electron chi connectivity index (χ2n) is 5.80. The molecule has 7 nitrogen and oxygen atoms in total. The minimum absolute atomic E-state index is 0.0547. The maximum absolute atomic E-state index is 12.1. The molecule has 2 rings (SSSR count). The third-order valence-corrected chi connectivity index (χ3v) is 3.82. The van der Waals surface area contributed by atoms with E-state index in [-0.39, 0.29) is 24.1 Å². The van der Waals surface area contributed by atoms with Crippen LogP contribution >= 0.6 is 0 Å². The molecule has 1 aliphatic heterocycles. The molecule has 1 aromatic rings. The number of aromatic carboxylic acids is 1. The van der Waals surface area contributed by atoms with Crippen LogP contribution in [0.1, 0.15) is 36.2 Å². The fourth-order valence-corrected chi connectivity index (χ4v) is 2.51. The molecule has 23 heavy (non-hydrogen) atoms. The van der Waals surface area contributed by atoms with Gasteiger partial charge in [0.25, 0.3) is 0 Å². The Kier molecular flexibility index (Phi) is 5.20. The van der Waals surface area contributed by atoms with Crippen LogP contribution in [-0.4, -0.2) is 46.5 Å². The average Bonchev–Trinajstić information content (AvgIpc) is 2.87. The first kappa shape index (κ1) is 16.8. The van der Waals surface area contributed by atoms with Gasteiger partial charge in [0.1, 0.15) is 6.04 Å². The normalized spacial score (nSPS) is 17.4. The number of carboxylic acids is 1. The van der Waals surface area contributed by atoms with E-state index in [4.69, 9.17) is 5.11 Å². The second-order valence-corrected chi connectivity index (χ2v) is 5.80. The van der Waals surface area contributed by atoms with Gasteiger partial charge >= 0.3 is 12.0 Å². The monoisotopic (exact) mass is 319 g/mol. The highest BCUT2D eigenvalue weighted by Crippen LogP contribution is 2.14. The van der Waals surface area contributed by atoms with E-state index >= 15 is 0 Å².